The maximum absolute atomic E-state index is 13.6. The summed E-state index contributed by atoms with van der Waals surface area (Å²) < 4.78 is 31.7. The van der Waals surface area contributed by atoms with Crippen LogP contribution in [0.4, 0.5) is 8.78 Å². The van der Waals surface area contributed by atoms with E-state index in [9.17, 15) is 13.6 Å². The van der Waals surface area contributed by atoms with E-state index in [0.29, 0.717) is 13.1 Å². The number of carbonyl (C=O) groups is 1. The number of ether oxygens (including phenoxy) is 1. The fraction of sp³-hybridized carbons (Fsp3) is 0.294. The number of benzene rings is 1. The zero-order chi connectivity index (χ0) is 16.4. The maximum Gasteiger partial charge on any atom is 0.263 e. The van der Waals surface area contributed by atoms with Gasteiger partial charge in [-0.25, -0.2) is 8.78 Å². The number of rotatable bonds is 4. The van der Waals surface area contributed by atoms with Crippen LogP contribution in [0, 0.1) is 11.6 Å². The number of pyridine rings is 1. The predicted octanol–water partition coefficient (Wildman–Crippen LogP) is 2.75. The molecule has 0 unspecified atom stereocenters. The van der Waals surface area contributed by atoms with Gasteiger partial charge in [0.1, 0.15) is 5.82 Å². The molecule has 0 bridgehead atoms. The van der Waals surface area contributed by atoms with E-state index in [1.54, 1.807) is 24.2 Å². The second-order valence-corrected chi connectivity index (χ2v) is 5.56. The Kier molecular flexibility index (Phi) is 4.23. The fourth-order valence-corrected chi connectivity index (χ4v) is 2.56. The largest absolute Gasteiger partial charge is 0.478 e. The molecular formula is C17H16F2N2O2. The molecule has 0 radical (unpaired) electrons. The van der Waals surface area contributed by atoms with Gasteiger partial charge < -0.3 is 9.64 Å². The van der Waals surface area contributed by atoms with E-state index in [0.717, 1.165) is 17.7 Å². The highest BCUT2D eigenvalue weighted by atomic mass is 19.1. The molecule has 0 N–H and O–H groups in total. The summed E-state index contributed by atoms with van der Waals surface area (Å²) in [7, 11) is 0. The topological polar surface area (TPSA) is 42.4 Å². The summed E-state index contributed by atoms with van der Waals surface area (Å²) in [4.78, 5) is 18.0. The molecule has 6 heteroatoms. The minimum Gasteiger partial charge on any atom is -0.478 e. The van der Waals surface area contributed by atoms with Crippen molar-refractivity contribution in [3.63, 3.8) is 0 Å². The van der Waals surface area contributed by atoms with Crippen molar-refractivity contribution in [1.82, 2.24) is 9.88 Å². The molecule has 3 rings (SSSR count). The van der Waals surface area contributed by atoms with Crippen LogP contribution in [0.15, 0.2) is 42.7 Å². The van der Waals surface area contributed by atoms with E-state index in [-0.39, 0.29) is 17.6 Å². The van der Waals surface area contributed by atoms with Crippen LogP contribution in [0.1, 0.15) is 18.4 Å². The van der Waals surface area contributed by atoms with Crippen LogP contribution in [0.25, 0.3) is 0 Å². The molecule has 1 atom stereocenters. The molecule has 1 aliphatic heterocycles. The molecule has 23 heavy (non-hydrogen) atoms. The van der Waals surface area contributed by atoms with Gasteiger partial charge in [0.15, 0.2) is 17.7 Å². The van der Waals surface area contributed by atoms with Gasteiger partial charge in [-0.05, 0) is 30.7 Å². The second kappa shape index (κ2) is 6.32. The summed E-state index contributed by atoms with van der Waals surface area (Å²) >= 11 is 0. The van der Waals surface area contributed by atoms with E-state index >= 15 is 0 Å². The van der Waals surface area contributed by atoms with Gasteiger partial charge in [-0.15, -0.1) is 0 Å². The first-order chi connectivity index (χ1) is 11.0. The first-order valence-corrected chi connectivity index (χ1v) is 7.35. The first kappa shape index (κ1) is 15.4. The molecule has 1 aliphatic rings. The van der Waals surface area contributed by atoms with Crippen molar-refractivity contribution >= 4 is 5.91 Å². The summed E-state index contributed by atoms with van der Waals surface area (Å²) in [6.07, 6.45) is 2.67. The van der Waals surface area contributed by atoms with Crippen molar-refractivity contribution in [2.75, 3.05) is 13.1 Å². The number of hydrogen-bond acceptors (Lipinski definition) is 3. The zero-order valence-corrected chi connectivity index (χ0v) is 12.6. The van der Waals surface area contributed by atoms with Crippen LogP contribution in [0.2, 0.25) is 0 Å². The molecule has 1 fully saturated rings. The molecule has 2 aromatic rings. The third-order valence-electron chi connectivity index (χ3n) is 3.89. The summed E-state index contributed by atoms with van der Waals surface area (Å²) in [6.45, 7) is 2.73. The van der Waals surface area contributed by atoms with Gasteiger partial charge in [0.2, 0.25) is 0 Å². The van der Waals surface area contributed by atoms with E-state index in [1.807, 2.05) is 12.1 Å². The molecule has 1 aromatic carbocycles. The maximum atomic E-state index is 13.6. The number of amides is 1. The highest BCUT2D eigenvalue weighted by Crippen LogP contribution is 2.27. The zero-order valence-electron chi connectivity index (χ0n) is 12.6. The number of likely N-dealkylation sites (tertiary alicyclic amines) is 1. The second-order valence-electron chi connectivity index (χ2n) is 5.56. The Balaban J connectivity index is 1.57. The molecule has 2 heterocycles. The Bertz CT molecular complexity index is 703. The molecule has 0 saturated carbocycles. The quantitative estimate of drug-likeness (QED) is 0.870. The average Bonchev–Trinajstić information content (AvgIpc) is 2.49. The Morgan fingerprint density at radius 3 is 2.78 bits per heavy atom. The van der Waals surface area contributed by atoms with Gasteiger partial charge in [-0.1, -0.05) is 6.07 Å². The van der Waals surface area contributed by atoms with E-state index in [4.69, 9.17) is 4.74 Å². The molecule has 0 spiro atoms. The van der Waals surface area contributed by atoms with Gasteiger partial charge in [-0.3, -0.25) is 9.78 Å². The first-order valence-electron chi connectivity index (χ1n) is 7.35. The van der Waals surface area contributed by atoms with Gasteiger partial charge >= 0.3 is 0 Å². The average molecular weight is 318 g/mol. The van der Waals surface area contributed by atoms with Gasteiger partial charge in [-0.2, -0.15) is 0 Å². The van der Waals surface area contributed by atoms with Crippen molar-refractivity contribution in [3.8, 4) is 5.75 Å². The molecule has 1 saturated heterocycles. The lowest BCUT2D eigenvalue weighted by atomic mass is 9.92. The summed E-state index contributed by atoms with van der Waals surface area (Å²) in [5, 5.41) is 0. The number of halogens is 2. The minimum atomic E-state index is -0.829. The predicted molar refractivity (Wildman–Crippen MR) is 80.0 cm³/mol. The molecule has 120 valence electrons. The standard InChI is InChI=1S/C17H16F2N2O2/c1-11(23-16-5-4-14(18)7-15(16)19)17(22)21-9-13(10-21)12-3-2-6-20-8-12/h2-8,11,13H,9-10H2,1H3/t11-/m0/s1. The summed E-state index contributed by atoms with van der Waals surface area (Å²) in [6, 6.07) is 6.85. The number of nitrogens with zero attached hydrogens (tertiary/aromatic N) is 2. The number of hydrogen-bond donors (Lipinski definition) is 0. The highest BCUT2D eigenvalue weighted by molar-refractivity contribution is 5.82. The molecule has 1 aromatic heterocycles. The lowest BCUT2D eigenvalue weighted by molar-refractivity contribution is -0.142. The third-order valence-corrected chi connectivity index (χ3v) is 3.89. The third kappa shape index (κ3) is 3.31. The Morgan fingerprint density at radius 2 is 2.13 bits per heavy atom. The fourth-order valence-electron chi connectivity index (χ4n) is 2.56. The Morgan fingerprint density at radius 1 is 1.35 bits per heavy atom. The van der Waals surface area contributed by atoms with Gasteiger partial charge in [0.05, 0.1) is 0 Å². The molecular weight excluding hydrogens is 302 g/mol. The lowest BCUT2D eigenvalue weighted by Gasteiger charge is -2.40. The van der Waals surface area contributed by atoms with Gasteiger partial charge in [0.25, 0.3) is 5.91 Å². The smallest absolute Gasteiger partial charge is 0.263 e. The molecule has 0 aliphatic carbocycles. The van der Waals surface area contributed by atoms with Crippen molar-refractivity contribution in [2.24, 2.45) is 0 Å². The van der Waals surface area contributed by atoms with Crippen molar-refractivity contribution < 1.29 is 18.3 Å². The van der Waals surface area contributed by atoms with Crippen LogP contribution in [0.5, 0.6) is 5.75 Å². The van der Waals surface area contributed by atoms with E-state index in [2.05, 4.69) is 4.98 Å². The highest BCUT2D eigenvalue weighted by Gasteiger charge is 2.34. The van der Waals surface area contributed by atoms with Crippen LogP contribution in [-0.2, 0) is 4.79 Å². The Labute approximate surface area is 132 Å². The monoisotopic (exact) mass is 318 g/mol. The molecule has 1 amide bonds. The normalized spacial score (nSPS) is 15.9. The van der Waals surface area contributed by atoms with Crippen molar-refractivity contribution in [1.29, 1.82) is 0 Å². The van der Waals surface area contributed by atoms with E-state index < -0.39 is 17.7 Å². The molecule has 4 nitrogen and oxygen atoms in total. The lowest BCUT2D eigenvalue weighted by Crippen LogP contribution is -2.52. The summed E-state index contributed by atoms with van der Waals surface area (Å²) in [5.74, 6) is -1.58. The van der Waals surface area contributed by atoms with Crippen LogP contribution in [-0.4, -0.2) is 35.0 Å². The number of aromatic nitrogens is 1. The minimum absolute atomic E-state index is 0.128. The summed E-state index contributed by atoms with van der Waals surface area (Å²) in [5.41, 5.74) is 1.09. The van der Waals surface area contributed by atoms with Crippen LogP contribution < -0.4 is 4.74 Å². The van der Waals surface area contributed by atoms with Crippen molar-refractivity contribution in [3.05, 3.63) is 59.9 Å². The van der Waals surface area contributed by atoms with Gasteiger partial charge in [0, 0.05) is 37.5 Å². The number of carbonyl (C=O) groups excluding carboxylic acids is 1. The van der Waals surface area contributed by atoms with Crippen molar-refractivity contribution in [2.45, 2.75) is 18.9 Å². The van der Waals surface area contributed by atoms with Crippen LogP contribution in [0.3, 0.4) is 0 Å². The SMILES string of the molecule is C[C@H](Oc1ccc(F)cc1F)C(=O)N1CC(c2cccnc2)C1. The Hall–Kier alpha value is -2.50. The van der Waals surface area contributed by atoms with E-state index in [1.165, 1.54) is 6.07 Å². The van der Waals surface area contributed by atoms with Crippen LogP contribution >= 0.6 is 0 Å².